The van der Waals surface area contributed by atoms with E-state index in [-0.39, 0.29) is 11.3 Å². The molecule has 0 saturated heterocycles. The average molecular weight is 278 g/mol. The lowest BCUT2D eigenvalue weighted by atomic mass is 10.1. The number of benzene rings is 2. The first-order valence-electron chi connectivity index (χ1n) is 6.05. The topological polar surface area (TPSA) is 103 Å². The Labute approximate surface area is 121 Å². The predicted molar refractivity (Wildman–Crippen MR) is 76.3 cm³/mol. The van der Waals surface area contributed by atoms with Gasteiger partial charge in [0.1, 0.15) is 11.6 Å². The lowest BCUT2D eigenvalue weighted by Crippen LogP contribution is -2.01. The van der Waals surface area contributed by atoms with Gasteiger partial charge in [0.25, 0.3) is 5.69 Å². The summed E-state index contributed by atoms with van der Waals surface area (Å²) in [7, 11) is 0. The summed E-state index contributed by atoms with van der Waals surface area (Å²) in [5.74, 6) is 0. The first kappa shape index (κ1) is 14.0. The fraction of sp³-hybridized carbons (Fsp3) is 0.0667. The number of nitro benzene ring substituents is 1. The summed E-state index contributed by atoms with van der Waals surface area (Å²) in [6.07, 6.45) is 0. The molecule has 0 aromatic heterocycles. The van der Waals surface area contributed by atoms with E-state index in [1.807, 2.05) is 6.07 Å². The van der Waals surface area contributed by atoms with Crippen LogP contribution in [0, 0.1) is 32.8 Å². The fourth-order valence-corrected chi connectivity index (χ4v) is 1.84. The van der Waals surface area contributed by atoms with E-state index in [4.69, 9.17) is 10.5 Å². The van der Waals surface area contributed by atoms with Crippen molar-refractivity contribution in [3.63, 3.8) is 0 Å². The van der Waals surface area contributed by atoms with E-state index >= 15 is 0 Å². The molecule has 2 aromatic carbocycles. The molecule has 2 aromatic rings. The summed E-state index contributed by atoms with van der Waals surface area (Å²) in [5.41, 5.74) is 1.79. The molecular weight excluding hydrogens is 268 g/mol. The molecule has 1 N–H and O–H groups in total. The summed E-state index contributed by atoms with van der Waals surface area (Å²) in [6, 6.07) is 15.3. The maximum Gasteiger partial charge on any atom is 0.289 e. The molecule has 0 fully saturated rings. The highest BCUT2D eigenvalue weighted by molar-refractivity contribution is 5.59. The molecule has 0 heterocycles. The molecule has 102 valence electrons. The molecule has 0 atom stereocenters. The second kappa shape index (κ2) is 6.18. The van der Waals surface area contributed by atoms with Gasteiger partial charge in [-0.15, -0.1) is 0 Å². The highest BCUT2D eigenvalue weighted by atomic mass is 16.6. The number of hydrogen-bond donors (Lipinski definition) is 1. The molecule has 0 spiro atoms. The van der Waals surface area contributed by atoms with Crippen LogP contribution in [-0.4, -0.2) is 4.92 Å². The maximum atomic E-state index is 10.9. The minimum Gasteiger partial charge on any atom is -0.381 e. The summed E-state index contributed by atoms with van der Waals surface area (Å²) in [5, 5.41) is 31.6. The van der Waals surface area contributed by atoms with Gasteiger partial charge in [-0.05, 0) is 29.8 Å². The minimum absolute atomic E-state index is 0.0250. The molecule has 0 amide bonds. The number of nitro groups is 1. The first-order chi connectivity index (χ1) is 10.1. The van der Waals surface area contributed by atoms with Gasteiger partial charge in [-0.1, -0.05) is 12.1 Å². The van der Waals surface area contributed by atoms with E-state index in [0.29, 0.717) is 17.8 Å². The summed E-state index contributed by atoms with van der Waals surface area (Å²) in [4.78, 5) is 10.3. The Morgan fingerprint density at radius 2 is 1.95 bits per heavy atom. The summed E-state index contributed by atoms with van der Waals surface area (Å²) >= 11 is 0. The average Bonchev–Trinajstić information content (AvgIpc) is 2.52. The van der Waals surface area contributed by atoms with Gasteiger partial charge in [0.2, 0.25) is 0 Å². The zero-order valence-electron chi connectivity index (χ0n) is 10.9. The molecular formula is C15H10N4O2. The van der Waals surface area contributed by atoms with Gasteiger partial charge >= 0.3 is 0 Å². The Morgan fingerprint density at radius 1 is 1.14 bits per heavy atom. The van der Waals surface area contributed by atoms with Crippen molar-refractivity contribution < 1.29 is 4.92 Å². The van der Waals surface area contributed by atoms with Crippen molar-refractivity contribution in [1.29, 1.82) is 10.5 Å². The van der Waals surface area contributed by atoms with Crippen LogP contribution < -0.4 is 5.32 Å². The maximum absolute atomic E-state index is 10.9. The zero-order chi connectivity index (χ0) is 15.2. The van der Waals surface area contributed by atoms with Gasteiger partial charge in [-0.25, -0.2) is 0 Å². The largest absolute Gasteiger partial charge is 0.381 e. The lowest BCUT2D eigenvalue weighted by molar-refractivity contribution is -0.385. The quantitative estimate of drug-likeness (QED) is 0.684. The van der Waals surface area contributed by atoms with E-state index in [9.17, 15) is 10.1 Å². The van der Waals surface area contributed by atoms with Crippen molar-refractivity contribution >= 4 is 11.4 Å². The smallest absolute Gasteiger partial charge is 0.289 e. The van der Waals surface area contributed by atoms with Crippen LogP contribution in [0.25, 0.3) is 0 Å². The second-order valence-electron chi connectivity index (χ2n) is 4.27. The Morgan fingerprint density at radius 3 is 2.62 bits per heavy atom. The molecule has 0 aliphatic carbocycles. The van der Waals surface area contributed by atoms with Gasteiger partial charge in [-0.3, -0.25) is 10.1 Å². The standard InChI is InChI=1S/C15H10N4O2/c16-8-11-2-1-3-12(6-11)10-18-14-5-4-13(9-17)15(7-14)19(20)21/h1-7,18H,10H2. The van der Waals surface area contributed by atoms with Crippen molar-refractivity contribution in [3.8, 4) is 12.1 Å². The number of nitriles is 2. The fourth-order valence-electron chi connectivity index (χ4n) is 1.84. The van der Waals surface area contributed by atoms with Gasteiger partial charge in [-0.2, -0.15) is 10.5 Å². The monoisotopic (exact) mass is 278 g/mol. The predicted octanol–water partition coefficient (Wildman–Crippen LogP) is 2.95. The van der Waals surface area contributed by atoms with Gasteiger partial charge in [0.15, 0.2) is 0 Å². The van der Waals surface area contributed by atoms with Crippen molar-refractivity contribution in [1.82, 2.24) is 0 Å². The molecule has 0 radical (unpaired) electrons. The van der Waals surface area contributed by atoms with Crippen LogP contribution in [0.4, 0.5) is 11.4 Å². The third kappa shape index (κ3) is 3.34. The minimum atomic E-state index is -0.583. The van der Waals surface area contributed by atoms with E-state index in [1.165, 1.54) is 12.1 Å². The molecule has 0 unspecified atom stereocenters. The van der Waals surface area contributed by atoms with Gasteiger partial charge < -0.3 is 5.32 Å². The second-order valence-corrected chi connectivity index (χ2v) is 4.27. The van der Waals surface area contributed by atoms with Crippen LogP contribution in [0.3, 0.4) is 0 Å². The van der Waals surface area contributed by atoms with E-state index < -0.39 is 4.92 Å². The van der Waals surface area contributed by atoms with Crippen molar-refractivity contribution in [3.05, 3.63) is 69.3 Å². The zero-order valence-corrected chi connectivity index (χ0v) is 10.9. The normalized spacial score (nSPS) is 9.43. The molecule has 0 aliphatic heterocycles. The number of anilines is 1. The molecule has 6 nitrogen and oxygen atoms in total. The molecule has 0 aliphatic rings. The van der Waals surface area contributed by atoms with Crippen LogP contribution in [-0.2, 0) is 6.54 Å². The number of hydrogen-bond acceptors (Lipinski definition) is 5. The first-order valence-corrected chi connectivity index (χ1v) is 6.05. The molecule has 21 heavy (non-hydrogen) atoms. The van der Waals surface area contributed by atoms with E-state index in [2.05, 4.69) is 11.4 Å². The molecule has 2 rings (SSSR count). The number of rotatable bonds is 4. The van der Waals surface area contributed by atoms with Crippen molar-refractivity contribution in [2.75, 3.05) is 5.32 Å². The van der Waals surface area contributed by atoms with Crippen LogP contribution in [0.1, 0.15) is 16.7 Å². The highest BCUT2D eigenvalue weighted by Crippen LogP contribution is 2.22. The highest BCUT2D eigenvalue weighted by Gasteiger charge is 2.13. The van der Waals surface area contributed by atoms with E-state index in [1.54, 1.807) is 30.3 Å². The van der Waals surface area contributed by atoms with Crippen molar-refractivity contribution in [2.45, 2.75) is 6.54 Å². The van der Waals surface area contributed by atoms with Gasteiger partial charge in [0.05, 0.1) is 16.6 Å². The van der Waals surface area contributed by atoms with Crippen LogP contribution in [0.2, 0.25) is 0 Å². The Balaban J connectivity index is 2.17. The Bertz CT molecular complexity index is 772. The SMILES string of the molecule is N#Cc1cccc(CNc2ccc(C#N)c([N+](=O)[O-])c2)c1. The number of nitrogens with zero attached hydrogens (tertiary/aromatic N) is 3. The van der Waals surface area contributed by atoms with Crippen LogP contribution in [0.5, 0.6) is 0 Å². The van der Waals surface area contributed by atoms with Gasteiger partial charge in [0, 0.05) is 18.3 Å². The molecule has 6 heteroatoms. The lowest BCUT2D eigenvalue weighted by Gasteiger charge is -2.07. The van der Waals surface area contributed by atoms with Crippen LogP contribution in [0.15, 0.2) is 42.5 Å². The summed E-state index contributed by atoms with van der Waals surface area (Å²) in [6.45, 7) is 0.429. The molecule has 0 saturated carbocycles. The third-order valence-corrected chi connectivity index (χ3v) is 2.87. The Hall–Kier alpha value is -3.38. The van der Waals surface area contributed by atoms with E-state index in [0.717, 1.165) is 5.56 Å². The summed E-state index contributed by atoms with van der Waals surface area (Å²) < 4.78 is 0. The Kier molecular flexibility index (Phi) is 4.13. The molecule has 0 bridgehead atoms. The van der Waals surface area contributed by atoms with Crippen LogP contribution >= 0.6 is 0 Å². The van der Waals surface area contributed by atoms with Crippen molar-refractivity contribution in [2.24, 2.45) is 0 Å². The number of nitrogens with one attached hydrogen (secondary N) is 1. The third-order valence-electron chi connectivity index (χ3n) is 2.87.